The summed E-state index contributed by atoms with van der Waals surface area (Å²) in [5.41, 5.74) is 1.62. The fraction of sp³-hybridized carbons (Fsp3) is 0.316. The number of hydrogen-bond acceptors (Lipinski definition) is 5. The molecule has 0 spiro atoms. The number of benzene rings is 2. The first-order chi connectivity index (χ1) is 13.3. The Balaban J connectivity index is 1.55. The van der Waals surface area contributed by atoms with Gasteiger partial charge in [-0.2, -0.15) is 0 Å². The smallest absolute Gasteiger partial charge is 0.160 e. The molecular formula is C19H17BrClFN2O2S2. The van der Waals surface area contributed by atoms with Gasteiger partial charge in [0, 0.05) is 21.8 Å². The quantitative estimate of drug-likeness (QED) is 0.616. The molecule has 2 aliphatic heterocycles. The maximum atomic E-state index is 14.1. The predicted molar refractivity (Wildman–Crippen MR) is 116 cm³/mol. The summed E-state index contributed by atoms with van der Waals surface area (Å²) in [5, 5.41) is 1.42. The highest BCUT2D eigenvalue weighted by Crippen LogP contribution is 2.34. The zero-order valence-electron chi connectivity index (χ0n) is 14.7. The number of halogens is 3. The van der Waals surface area contributed by atoms with E-state index in [0.717, 1.165) is 10.7 Å². The highest BCUT2D eigenvalue weighted by atomic mass is 79.9. The summed E-state index contributed by atoms with van der Waals surface area (Å²) >= 11 is 10.7. The molecule has 2 aliphatic rings. The number of fused-ring (bicyclic) bond motifs is 1. The van der Waals surface area contributed by atoms with Crippen LogP contribution in [0.2, 0.25) is 5.02 Å². The van der Waals surface area contributed by atoms with Gasteiger partial charge in [-0.05, 0) is 35.4 Å². The van der Waals surface area contributed by atoms with E-state index in [9.17, 15) is 12.8 Å². The molecule has 2 atom stereocenters. The molecule has 0 saturated carbocycles. The lowest BCUT2D eigenvalue weighted by Crippen LogP contribution is -2.38. The van der Waals surface area contributed by atoms with Crippen LogP contribution in [0.15, 0.2) is 51.9 Å². The molecule has 0 aromatic heterocycles. The summed E-state index contributed by atoms with van der Waals surface area (Å²) in [6.07, 6.45) is 0. The van der Waals surface area contributed by atoms with E-state index in [1.54, 1.807) is 6.07 Å². The SMILES string of the molecule is O=S1(=O)C[C@@H]2[C@@H](C1)N=C(SCc1ccc(Br)cc1F)N2Cc1ccc(Cl)cc1. The lowest BCUT2D eigenvalue weighted by Gasteiger charge is -2.26. The number of hydrogen-bond donors (Lipinski definition) is 0. The molecule has 0 radical (unpaired) electrons. The average Bonchev–Trinajstić information content (AvgIpc) is 3.08. The summed E-state index contributed by atoms with van der Waals surface area (Å²) in [4.78, 5) is 6.71. The van der Waals surface area contributed by atoms with Crippen LogP contribution in [0.5, 0.6) is 0 Å². The summed E-state index contributed by atoms with van der Waals surface area (Å²) in [7, 11) is -3.08. The van der Waals surface area contributed by atoms with Gasteiger partial charge in [0.2, 0.25) is 0 Å². The Labute approximate surface area is 181 Å². The summed E-state index contributed by atoms with van der Waals surface area (Å²) in [5.74, 6) is 0.338. The fourth-order valence-electron chi connectivity index (χ4n) is 3.46. The summed E-state index contributed by atoms with van der Waals surface area (Å²) in [6.45, 7) is 0.544. The fourth-order valence-corrected chi connectivity index (χ4v) is 6.89. The van der Waals surface area contributed by atoms with Crippen LogP contribution in [0.4, 0.5) is 4.39 Å². The Kier molecular flexibility index (Phi) is 5.75. The molecule has 0 N–H and O–H groups in total. The molecule has 4 rings (SSSR count). The van der Waals surface area contributed by atoms with Crippen molar-refractivity contribution in [2.24, 2.45) is 4.99 Å². The maximum absolute atomic E-state index is 14.1. The molecule has 2 aromatic carbocycles. The van der Waals surface area contributed by atoms with Crippen LogP contribution in [0.1, 0.15) is 11.1 Å². The maximum Gasteiger partial charge on any atom is 0.160 e. The monoisotopic (exact) mass is 502 g/mol. The van der Waals surface area contributed by atoms with Crippen LogP contribution >= 0.6 is 39.3 Å². The van der Waals surface area contributed by atoms with E-state index < -0.39 is 9.84 Å². The third-order valence-electron chi connectivity index (χ3n) is 4.85. The molecular weight excluding hydrogens is 487 g/mol. The van der Waals surface area contributed by atoms with Gasteiger partial charge in [-0.25, -0.2) is 12.8 Å². The highest BCUT2D eigenvalue weighted by molar-refractivity contribution is 9.10. The molecule has 28 heavy (non-hydrogen) atoms. The first-order valence-corrected chi connectivity index (χ1v) is 12.6. The molecule has 2 aromatic rings. The van der Waals surface area contributed by atoms with E-state index in [1.807, 2.05) is 35.2 Å². The Morgan fingerprint density at radius 1 is 1.21 bits per heavy atom. The van der Waals surface area contributed by atoms with Gasteiger partial charge in [0.25, 0.3) is 0 Å². The minimum Gasteiger partial charge on any atom is -0.341 e. The van der Waals surface area contributed by atoms with Gasteiger partial charge in [0.05, 0.1) is 23.6 Å². The van der Waals surface area contributed by atoms with Crippen molar-refractivity contribution in [3.63, 3.8) is 0 Å². The largest absolute Gasteiger partial charge is 0.341 e. The first kappa shape index (κ1) is 20.2. The predicted octanol–water partition coefficient (Wildman–Crippen LogP) is 4.51. The van der Waals surface area contributed by atoms with Gasteiger partial charge < -0.3 is 4.90 Å². The van der Waals surface area contributed by atoms with E-state index in [1.165, 1.54) is 17.8 Å². The van der Waals surface area contributed by atoms with Crippen molar-refractivity contribution in [3.05, 3.63) is 68.9 Å². The van der Waals surface area contributed by atoms with Gasteiger partial charge >= 0.3 is 0 Å². The minimum absolute atomic E-state index is 0.0749. The zero-order chi connectivity index (χ0) is 19.9. The molecule has 0 unspecified atom stereocenters. The van der Waals surface area contributed by atoms with Crippen molar-refractivity contribution < 1.29 is 12.8 Å². The van der Waals surface area contributed by atoms with Crippen molar-refractivity contribution in [1.29, 1.82) is 0 Å². The molecule has 0 bridgehead atoms. The Morgan fingerprint density at radius 2 is 1.96 bits per heavy atom. The second-order valence-electron chi connectivity index (χ2n) is 6.90. The lowest BCUT2D eigenvalue weighted by atomic mass is 10.1. The molecule has 9 heteroatoms. The number of rotatable bonds is 4. The van der Waals surface area contributed by atoms with Crippen LogP contribution in [0, 0.1) is 5.82 Å². The first-order valence-electron chi connectivity index (χ1n) is 8.67. The number of thioether (sulfide) groups is 1. The van der Waals surface area contributed by atoms with Crippen LogP contribution in [0.3, 0.4) is 0 Å². The standard InChI is InChI=1S/C19H17BrClFN2O2S2/c20-14-4-3-13(16(22)7-14)9-27-19-23-17-10-28(25,26)11-18(17)24(19)8-12-1-5-15(21)6-2-12/h1-7,17-18H,8-11H2/t17-,18-/m1/s1. The van der Waals surface area contributed by atoms with Gasteiger partial charge in [0.15, 0.2) is 15.0 Å². The van der Waals surface area contributed by atoms with Gasteiger partial charge in [-0.15, -0.1) is 0 Å². The van der Waals surface area contributed by atoms with E-state index in [4.69, 9.17) is 11.6 Å². The topological polar surface area (TPSA) is 49.7 Å². The van der Waals surface area contributed by atoms with Gasteiger partial charge in [-0.1, -0.05) is 57.5 Å². The normalized spacial score (nSPS) is 23.0. The molecule has 0 aliphatic carbocycles. The number of aliphatic imine (C=N–C) groups is 1. The Bertz CT molecular complexity index is 1030. The summed E-state index contributed by atoms with van der Waals surface area (Å²) in [6, 6.07) is 12.1. The average molecular weight is 504 g/mol. The van der Waals surface area contributed by atoms with Gasteiger partial charge in [-0.3, -0.25) is 4.99 Å². The number of sulfone groups is 1. The zero-order valence-corrected chi connectivity index (χ0v) is 18.7. The van der Waals surface area contributed by atoms with Crippen LogP contribution < -0.4 is 0 Å². The lowest BCUT2D eigenvalue weighted by molar-refractivity contribution is 0.343. The van der Waals surface area contributed by atoms with E-state index in [2.05, 4.69) is 20.9 Å². The number of amidine groups is 1. The minimum atomic E-state index is -3.08. The van der Waals surface area contributed by atoms with Crippen molar-refractivity contribution >= 4 is 54.3 Å². The second-order valence-corrected chi connectivity index (χ2v) is 11.4. The Hall–Kier alpha value is -1.09. The number of nitrogens with zero attached hydrogens (tertiary/aromatic N) is 2. The van der Waals surface area contributed by atoms with Crippen molar-refractivity contribution in [3.8, 4) is 0 Å². The van der Waals surface area contributed by atoms with Crippen molar-refractivity contribution in [2.45, 2.75) is 24.4 Å². The van der Waals surface area contributed by atoms with Crippen molar-refractivity contribution in [1.82, 2.24) is 4.90 Å². The summed E-state index contributed by atoms with van der Waals surface area (Å²) < 4.78 is 39.0. The third-order valence-corrected chi connectivity index (χ3v) is 8.35. The molecule has 4 nitrogen and oxygen atoms in total. The van der Waals surface area contributed by atoms with Crippen LogP contribution in [-0.2, 0) is 22.1 Å². The van der Waals surface area contributed by atoms with E-state index in [-0.39, 0.29) is 29.4 Å². The van der Waals surface area contributed by atoms with Crippen molar-refractivity contribution in [2.75, 3.05) is 11.5 Å². The molecule has 1 fully saturated rings. The third kappa shape index (κ3) is 4.40. The highest BCUT2D eigenvalue weighted by Gasteiger charge is 2.46. The Morgan fingerprint density at radius 3 is 2.68 bits per heavy atom. The van der Waals surface area contributed by atoms with E-state index in [0.29, 0.717) is 27.4 Å². The van der Waals surface area contributed by atoms with Crippen LogP contribution in [0.25, 0.3) is 0 Å². The van der Waals surface area contributed by atoms with E-state index >= 15 is 0 Å². The second kappa shape index (κ2) is 7.97. The van der Waals surface area contributed by atoms with Crippen LogP contribution in [-0.4, -0.2) is 42.1 Å². The molecule has 148 valence electrons. The van der Waals surface area contributed by atoms with Gasteiger partial charge in [0.1, 0.15) is 5.82 Å². The molecule has 1 saturated heterocycles. The molecule has 0 amide bonds. The molecule has 2 heterocycles.